The third-order valence-corrected chi connectivity index (χ3v) is 4.82. The Bertz CT molecular complexity index is 367. The quantitative estimate of drug-likeness (QED) is 0.864. The van der Waals surface area contributed by atoms with E-state index in [4.69, 9.17) is 4.98 Å². The van der Waals surface area contributed by atoms with Crippen LogP contribution >= 0.6 is 11.3 Å². The monoisotopic (exact) mass is 281 g/mol. The summed E-state index contributed by atoms with van der Waals surface area (Å²) in [5.41, 5.74) is 1.33. The molecule has 1 N–H and O–H groups in total. The van der Waals surface area contributed by atoms with E-state index in [-0.39, 0.29) is 0 Å². The van der Waals surface area contributed by atoms with E-state index < -0.39 is 0 Å². The van der Waals surface area contributed by atoms with Crippen molar-refractivity contribution in [2.24, 2.45) is 0 Å². The number of anilines is 1. The van der Waals surface area contributed by atoms with Gasteiger partial charge in [-0.1, -0.05) is 33.1 Å². The van der Waals surface area contributed by atoms with Crippen molar-refractivity contribution in [3.63, 3.8) is 0 Å². The fourth-order valence-electron chi connectivity index (χ4n) is 2.58. The molecule has 0 amide bonds. The van der Waals surface area contributed by atoms with Crippen molar-refractivity contribution in [2.45, 2.75) is 58.9 Å². The van der Waals surface area contributed by atoms with Gasteiger partial charge in [0, 0.05) is 24.5 Å². The van der Waals surface area contributed by atoms with Crippen molar-refractivity contribution < 1.29 is 0 Å². The summed E-state index contributed by atoms with van der Waals surface area (Å²) >= 11 is 1.91. The maximum atomic E-state index is 4.92. The summed E-state index contributed by atoms with van der Waals surface area (Å²) in [6, 6.07) is 0. The Balaban J connectivity index is 2.10. The highest BCUT2D eigenvalue weighted by molar-refractivity contribution is 7.15. The zero-order valence-electron chi connectivity index (χ0n) is 12.4. The number of nitrogens with zero attached hydrogens (tertiary/aromatic N) is 2. The molecule has 0 aromatic carbocycles. The van der Waals surface area contributed by atoms with Crippen molar-refractivity contribution in [1.82, 2.24) is 10.3 Å². The second-order valence-corrected chi connectivity index (χ2v) is 6.36. The highest BCUT2D eigenvalue weighted by atomic mass is 32.1. The van der Waals surface area contributed by atoms with Crippen LogP contribution in [0.15, 0.2) is 0 Å². The summed E-state index contributed by atoms with van der Waals surface area (Å²) in [5, 5.41) is 4.71. The van der Waals surface area contributed by atoms with Gasteiger partial charge in [0.25, 0.3) is 0 Å². The minimum Gasteiger partial charge on any atom is -0.348 e. The average molecular weight is 281 g/mol. The number of nitrogens with one attached hydrogen (secondary N) is 1. The van der Waals surface area contributed by atoms with Crippen LogP contribution in [0.1, 0.15) is 56.5 Å². The number of aromatic nitrogens is 1. The van der Waals surface area contributed by atoms with Crippen LogP contribution in [-0.2, 0) is 13.0 Å². The van der Waals surface area contributed by atoms with E-state index in [0.717, 1.165) is 19.5 Å². The molecule has 0 unspecified atom stereocenters. The molecule has 2 heterocycles. The molecular formula is C15H27N3S. The van der Waals surface area contributed by atoms with Crippen molar-refractivity contribution in [2.75, 3.05) is 24.5 Å². The first-order valence-electron chi connectivity index (χ1n) is 7.79. The topological polar surface area (TPSA) is 28.2 Å². The van der Waals surface area contributed by atoms with Gasteiger partial charge >= 0.3 is 0 Å². The van der Waals surface area contributed by atoms with Crippen LogP contribution in [0.2, 0.25) is 0 Å². The molecule has 0 radical (unpaired) electrons. The largest absolute Gasteiger partial charge is 0.348 e. The fraction of sp³-hybridized carbons (Fsp3) is 0.800. The zero-order valence-corrected chi connectivity index (χ0v) is 13.2. The third-order valence-electron chi connectivity index (χ3n) is 3.67. The molecule has 2 rings (SSSR count). The van der Waals surface area contributed by atoms with Crippen LogP contribution in [0.5, 0.6) is 0 Å². The van der Waals surface area contributed by atoms with Crippen LogP contribution in [0.25, 0.3) is 0 Å². The lowest BCUT2D eigenvalue weighted by atomic mass is 10.2. The van der Waals surface area contributed by atoms with Gasteiger partial charge in [-0.05, 0) is 25.8 Å². The first kappa shape index (κ1) is 14.8. The molecule has 3 nitrogen and oxygen atoms in total. The lowest BCUT2D eigenvalue weighted by Gasteiger charge is -2.18. The Hall–Kier alpha value is -0.610. The second-order valence-electron chi connectivity index (χ2n) is 5.30. The molecule has 1 aromatic heterocycles. The molecule has 1 aliphatic heterocycles. The summed E-state index contributed by atoms with van der Waals surface area (Å²) in [6.07, 6.45) is 7.71. The van der Waals surface area contributed by atoms with E-state index in [0.29, 0.717) is 0 Å². The van der Waals surface area contributed by atoms with Gasteiger partial charge < -0.3 is 10.2 Å². The van der Waals surface area contributed by atoms with Gasteiger partial charge in [-0.2, -0.15) is 0 Å². The number of hydrogen-bond donors (Lipinski definition) is 1. The molecule has 19 heavy (non-hydrogen) atoms. The van der Waals surface area contributed by atoms with E-state index in [9.17, 15) is 0 Å². The molecule has 1 aromatic rings. The minimum atomic E-state index is 0.983. The van der Waals surface area contributed by atoms with E-state index >= 15 is 0 Å². The number of aryl methyl sites for hydroxylation is 1. The van der Waals surface area contributed by atoms with Crippen LogP contribution in [0, 0.1) is 0 Å². The molecule has 108 valence electrons. The van der Waals surface area contributed by atoms with Gasteiger partial charge in [0.05, 0.1) is 5.69 Å². The lowest BCUT2D eigenvalue weighted by Crippen LogP contribution is -2.23. The molecule has 1 aliphatic rings. The summed E-state index contributed by atoms with van der Waals surface area (Å²) < 4.78 is 0. The van der Waals surface area contributed by atoms with Gasteiger partial charge in [0.15, 0.2) is 5.13 Å². The first-order valence-corrected chi connectivity index (χ1v) is 8.61. The smallest absolute Gasteiger partial charge is 0.185 e. The molecule has 0 aliphatic carbocycles. The molecule has 4 heteroatoms. The first-order chi connectivity index (χ1) is 9.35. The van der Waals surface area contributed by atoms with Gasteiger partial charge in [-0.25, -0.2) is 4.98 Å². The van der Waals surface area contributed by atoms with E-state index in [1.54, 1.807) is 0 Å². The van der Waals surface area contributed by atoms with Gasteiger partial charge in [0.1, 0.15) is 0 Å². The molecule has 0 atom stereocenters. The lowest BCUT2D eigenvalue weighted by molar-refractivity contribution is 0.722. The second kappa shape index (κ2) is 7.85. The third kappa shape index (κ3) is 4.18. The predicted molar refractivity (Wildman–Crippen MR) is 84.2 cm³/mol. The van der Waals surface area contributed by atoms with Gasteiger partial charge in [0.2, 0.25) is 0 Å². The van der Waals surface area contributed by atoms with Crippen molar-refractivity contribution >= 4 is 16.5 Å². The molecule has 1 saturated heterocycles. The fourth-order valence-corrected chi connectivity index (χ4v) is 3.70. The number of rotatable bonds is 6. The summed E-state index contributed by atoms with van der Waals surface area (Å²) in [5.74, 6) is 0. The number of hydrogen-bond acceptors (Lipinski definition) is 4. The Labute approximate surface area is 121 Å². The Morgan fingerprint density at radius 3 is 2.53 bits per heavy atom. The maximum absolute atomic E-state index is 4.92. The van der Waals surface area contributed by atoms with Crippen molar-refractivity contribution in [3.8, 4) is 0 Å². The summed E-state index contributed by atoms with van der Waals surface area (Å²) in [6.45, 7) is 8.80. The highest BCUT2D eigenvalue weighted by Gasteiger charge is 2.16. The van der Waals surface area contributed by atoms with Crippen LogP contribution in [-0.4, -0.2) is 24.6 Å². The Morgan fingerprint density at radius 1 is 1.16 bits per heavy atom. The van der Waals surface area contributed by atoms with Crippen LogP contribution < -0.4 is 10.2 Å². The summed E-state index contributed by atoms with van der Waals surface area (Å²) in [4.78, 5) is 8.88. The summed E-state index contributed by atoms with van der Waals surface area (Å²) in [7, 11) is 0. The molecule has 0 saturated carbocycles. The van der Waals surface area contributed by atoms with Crippen LogP contribution in [0.4, 0.5) is 5.13 Å². The molecular weight excluding hydrogens is 254 g/mol. The SMILES string of the molecule is CCCc1nc(N2CCCCCC2)sc1CNCC. The molecule has 0 spiro atoms. The van der Waals surface area contributed by atoms with E-state index in [1.165, 1.54) is 60.9 Å². The normalized spacial score (nSPS) is 16.6. The predicted octanol–water partition coefficient (Wildman–Crippen LogP) is 3.59. The Kier molecular flexibility index (Phi) is 6.11. The number of thiazole rings is 1. The van der Waals surface area contributed by atoms with Crippen molar-refractivity contribution in [3.05, 3.63) is 10.6 Å². The van der Waals surface area contributed by atoms with Gasteiger partial charge in [-0.15, -0.1) is 11.3 Å². The van der Waals surface area contributed by atoms with Gasteiger partial charge in [-0.3, -0.25) is 0 Å². The minimum absolute atomic E-state index is 0.983. The average Bonchev–Trinajstić information content (AvgIpc) is 2.65. The standard InChI is InChI=1S/C15H27N3S/c1-3-9-13-14(12-16-4-2)19-15(17-13)18-10-7-5-6-8-11-18/h16H,3-12H2,1-2H3. The molecule has 0 bridgehead atoms. The molecule has 1 fully saturated rings. The Morgan fingerprint density at radius 2 is 1.89 bits per heavy atom. The zero-order chi connectivity index (χ0) is 13.5. The van der Waals surface area contributed by atoms with E-state index in [2.05, 4.69) is 24.1 Å². The van der Waals surface area contributed by atoms with E-state index in [1.807, 2.05) is 11.3 Å². The van der Waals surface area contributed by atoms with Crippen molar-refractivity contribution in [1.29, 1.82) is 0 Å². The highest BCUT2D eigenvalue weighted by Crippen LogP contribution is 2.29. The maximum Gasteiger partial charge on any atom is 0.185 e. The van der Waals surface area contributed by atoms with Crippen LogP contribution in [0.3, 0.4) is 0 Å².